The molecule has 19 heavy (non-hydrogen) atoms. The largest absolute Gasteiger partial charge is 0.494 e. The summed E-state index contributed by atoms with van der Waals surface area (Å²) in [6, 6.07) is 8.61. The van der Waals surface area contributed by atoms with Crippen LogP contribution in [-0.2, 0) is 4.74 Å². The molecule has 0 bridgehead atoms. The van der Waals surface area contributed by atoms with Gasteiger partial charge in [-0.1, -0.05) is 25.1 Å². The molecule has 0 saturated carbocycles. The van der Waals surface area contributed by atoms with Gasteiger partial charge >= 0.3 is 0 Å². The molecule has 0 radical (unpaired) electrons. The highest BCUT2D eigenvalue weighted by molar-refractivity contribution is 5.36. The minimum Gasteiger partial charge on any atom is -0.494 e. The van der Waals surface area contributed by atoms with Gasteiger partial charge in [0, 0.05) is 18.7 Å². The molecule has 0 amide bonds. The van der Waals surface area contributed by atoms with E-state index >= 15 is 0 Å². The van der Waals surface area contributed by atoms with E-state index in [-0.39, 0.29) is 0 Å². The number of ether oxygens (including phenoxy) is 2. The zero-order valence-corrected chi connectivity index (χ0v) is 12.6. The Morgan fingerprint density at radius 2 is 1.89 bits per heavy atom. The molecule has 0 aliphatic carbocycles. The molecule has 108 valence electrons. The SMILES string of the molecule is CCNC(CCC(C)OC)c1ccccc1OCC. The second-order valence-electron chi connectivity index (χ2n) is 4.70. The molecular weight excluding hydrogens is 238 g/mol. The molecular formula is C16H27NO2. The van der Waals surface area contributed by atoms with Gasteiger partial charge in [-0.05, 0) is 39.3 Å². The molecule has 1 aromatic carbocycles. The lowest BCUT2D eigenvalue weighted by Gasteiger charge is -2.22. The lowest BCUT2D eigenvalue weighted by atomic mass is 9.99. The molecule has 0 aliphatic heterocycles. The van der Waals surface area contributed by atoms with Gasteiger partial charge in [0.1, 0.15) is 5.75 Å². The van der Waals surface area contributed by atoms with Gasteiger partial charge in [-0.15, -0.1) is 0 Å². The third kappa shape index (κ3) is 5.21. The molecule has 0 fully saturated rings. The average Bonchev–Trinajstić information content (AvgIpc) is 2.44. The first-order valence-electron chi connectivity index (χ1n) is 7.20. The zero-order chi connectivity index (χ0) is 14.1. The molecule has 1 rings (SSSR count). The summed E-state index contributed by atoms with van der Waals surface area (Å²) in [6.07, 6.45) is 2.38. The van der Waals surface area contributed by atoms with Crippen molar-refractivity contribution in [3.63, 3.8) is 0 Å². The molecule has 3 heteroatoms. The van der Waals surface area contributed by atoms with Crippen LogP contribution in [0.1, 0.15) is 45.2 Å². The summed E-state index contributed by atoms with van der Waals surface area (Å²) in [5.74, 6) is 0.987. The smallest absolute Gasteiger partial charge is 0.124 e. The highest BCUT2D eigenvalue weighted by atomic mass is 16.5. The molecule has 2 unspecified atom stereocenters. The molecule has 2 atom stereocenters. The fourth-order valence-electron chi connectivity index (χ4n) is 2.19. The number of hydrogen-bond acceptors (Lipinski definition) is 3. The van der Waals surface area contributed by atoms with E-state index in [0.717, 1.165) is 25.1 Å². The lowest BCUT2D eigenvalue weighted by molar-refractivity contribution is 0.106. The van der Waals surface area contributed by atoms with Crippen LogP contribution in [0, 0.1) is 0 Å². The maximum atomic E-state index is 5.73. The van der Waals surface area contributed by atoms with Crippen LogP contribution >= 0.6 is 0 Å². The second-order valence-corrected chi connectivity index (χ2v) is 4.70. The quantitative estimate of drug-likeness (QED) is 0.740. The Bertz CT molecular complexity index is 354. The van der Waals surface area contributed by atoms with Crippen molar-refractivity contribution in [2.75, 3.05) is 20.3 Å². The van der Waals surface area contributed by atoms with Crippen LogP contribution in [0.4, 0.5) is 0 Å². The minimum atomic E-state index is 0.292. The molecule has 1 aromatic rings. The summed E-state index contributed by atoms with van der Waals surface area (Å²) in [4.78, 5) is 0. The van der Waals surface area contributed by atoms with Crippen LogP contribution in [-0.4, -0.2) is 26.4 Å². The van der Waals surface area contributed by atoms with Gasteiger partial charge in [0.15, 0.2) is 0 Å². The van der Waals surface area contributed by atoms with E-state index in [1.807, 2.05) is 19.1 Å². The van der Waals surface area contributed by atoms with E-state index in [0.29, 0.717) is 18.8 Å². The summed E-state index contributed by atoms with van der Waals surface area (Å²) < 4.78 is 11.1. The fourth-order valence-corrected chi connectivity index (χ4v) is 2.19. The number of rotatable bonds is 9. The number of methoxy groups -OCH3 is 1. The summed E-state index contributed by atoms with van der Waals surface area (Å²) >= 11 is 0. The lowest BCUT2D eigenvalue weighted by Crippen LogP contribution is -2.23. The fraction of sp³-hybridized carbons (Fsp3) is 0.625. The van der Waals surface area contributed by atoms with Gasteiger partial charge in [0.05, 0.1) is 12.7 Å². The van der Waals surface area contributed by atoms with E-state index in [9.17, 15) is 0 Å². The predicted octanol–water partition coefficient (Wildman–Crippen LogP) is 3.55. The average molecular weight is 265 g/mol. The van der Waals surface area contributed by atoms with Crippen molar-refractivity contribution in [1.82, 2.24) is 5.32 Å². The Kier molecular flexibility index (Phi) is 7.53. The summed E-state index contributed by atoms with van der Waals surface area (Å²) in [5, 5.41) is 3.54. The monoisotopic (exact) mass is 265 g/mol. The Morgan fingerprint density at radius 1 is 1.16 bits per heavy atom. The number of para-hydroxylation sites is 1. The van der Waals surface area contributed by atoms with Crippen LogP contribution in [0.5, 0.6) is 5.75 Å². The van der Waals surface area contributed by atoms with Gasteiger partial charge in [-0.3, -0.25) is 0 Å². The Morgan fingerprint density at radius 3 is 2.53 bits per heavy atom. The number of nitrogens with one attached hydrogen (secondary N) is 1. The normalized spacial score (nSPS) is 14.1. The molecule has 0 aliphatic rings. The van der Waals surface area contributed by atoms with E-state index in [1.165, 1.54) is 5.56 Å². The first kappa shape index (κ1) is 16.0. The summed E-state index contributed by atoms with van der Waals surface area (Å²) in [7, 11) is 1.76. The molecule has 0 heterocycles. The maximum Gasteiger partial charge on any atom is 0.124 e. The molecule has 0 saturated heterocycles. The van der Waals surface area contributed by atoms with Crippen molar-refractivity contribution < 1.29 is 9.47 Å². The highest BCUT2D eigenvalue weighted by Crippen LogP contribution is 2.28. The van der Waals surface area contributed by atoms with Gasteiger partial charge < -0.3 is 14.8 Å². The van der Waals surface area contributed by atoms with Crippen LogP contribution < -0.4 is 10.1 Å². The number of benzene rings is 1. The van der Waals surface area contributed by atoms with Crippen LogP contribution in [0.25, 0.3) is 0 Å². The predicted molar refractivity (Wildman–Crippen MR) is 79.7 cm³/mol. The third-order valence-electron chi connectivity index (χ3n) is 3.31. The van der Waals surface area contributed by atoms with Crippen molar-refractivity contribution in [3.8, 4) is 5.75 Å². The van der Waals surface area contributed by atoms with Crippen LogP contribution in [0.3, 0.4) is 0 Å². The molecule has 1 N–H and O–H groups in total. The van der Waals surface area contributed by atoms with Crippen LogP contribution in [0.2, 0.25) is 0 Å². The van der Waals surface area contributed by atoms with Crippen molar-refractivity contribution >= 4 is 0 Å². The standard InChI is InChI=1S/C16H27NO2/c1-5-17-15(12-11-13(3)18-4)14-9-7-8-10-16(14)19-6-2/h7-10,13,15,17H,5-6,11-12H2,1-4H3. The van der Waals surface area contributed by atoms with Crippen molar-refractivity contribution in [3.05, 3.63) is 29.8 Å². The van der Waals surface area contributed by atoms with Gasteiger partial charge in [-0.2, -0.15) is 0 Å². The first-order valence-corrected chi connectivity index (χ1v) is 7.20. The van der Waals surface area contributed by atoms with Gasteiger partial charge in [0.25, 0.3) is 0 Å². The Hall–Kier alpha value is -1.06. The second kappa shape index (κ2) is 8.94. The molecule has 0 spiro atoms. The summed E-state index contributed by atoms with van der Waals surface area (Å²) in [5.41, 5.74) is 1.24. The molecule has 0 aromatic heterocycles. The third-order valence-corrected chi connectivity index (χ3v) is 3.31. The topological polar surface area (TPSA) is 30.5 Å². The highest BCUT2D eigenvalue weighted by Gasteiger charge is 2.16. The van der Waals surface area contributed by atoms with Crippen LogP contribution in [0.15, 0.2) is 24.3 Å². The van der Waals surface area contributed by atoms with E-state index < -0.39 is 0 Å². The molecule has 3 nitrogen and oxygen atoms in total. The minimum absolute atomic E-state index is 0.292. The van der Waals surface area contributed by atoms with Crippen molar-refractivity contribution in [2.24, 2.45) is 0 Å². The van der Waals surface area contributed by atoms with E-state index in [1.54, 1.807) is 7.11 Å². The zero-order valence-electron chi connectivity index (χ0n) is 12.6. The van der Waals surface area contributed by atoms with E-state index in [4.69, 9.17) is 9.47 Å². The van der Waals surface area contributed by atoms with Gasteiger partial charge in [0.2, 0.25) is 0 Å². The first-order chi connectivity index (χ1) is 9.22. The Balaban J connectivity index is 2.79. The van der Waals surface area contributed by atoms with E-state index in [2.05, 4.69) is 31.3 Å². The van der Waals surface area contributed by atoms with Crippen molar-refractivity contribution in [1.29, 1.82) is 0 Å². The van der Waals surface area contributed by atoms with Crippen molar-refractivity contribution in [2.45, 2.75) is 45.8 Å². The number of hydrogen-bond donors (Lipinski definition) is 1. The summed E-state index contributed by atoms with van der Waals surface area (Å²) in [6.45, 7) is 7.91. The van der Waals surface area contributed by atoms with Gasteiger partial charge in [-0.25, -0.2) is 0 Å². The Labute approximate surface area is 117 Å². The maximum absolute atomic E-state index is 5.73.